The molecule has 12 heteroatoms. The summed E-state index contributed by atoms with van der Waals surface area (Å²) in [6, 6.07) is 7.76. The number of aromatic amines is 1. The van der Waals surface area contributed by atoms with Crippen LogP contribution in [-0.2, 0) is 23.8 Å². The maximum atomic E-state index is 13.4. The highest BCUT2D eigenvalue weighted by molar-refractivity contribution is 6.11. The average molecular weight is 636 g/mol. The molecule has 1 fully saturated rings. The van der Waals surface area contributed by atoms with Crippen molar-refractivity contribution in [2.75, 3.05) is 34.4 Å². The van der Waals surface area contributed by atoms with Gasteiger partial charge in [0.2, 0.25) is 5.69 Å². The number of rotatable bonds is 10. The van der Waals surface area contributed by atoms with Gasteiger partial charge in [0.25, 0.3) is 0 Å². The van der Waals surface area contributed by atoms with Crippen molar-refractivity contribution in [3.8, 4) is 11.4 Å². The molecule has 2 heterocycles. The first-order chi connectivity index (χ1) is 21.8. The van der Waals surface area contributed by atoms with Crippen LogP contribution in [0.5, 0.6) is 0 Å². The summed E-state index contributed by atoms with van der Waals surface area (Å²) in [5.41, 5.74) is 2.33. The summed E-state index contributed by atoms with van der Waals surface area (Å²) in [5, 5.41) is 3.09. The molecule has 1 aliphatic rings. The lowest BCUT2D eigenvalue weighted by Gasteiger charge is -2.37. The van der Waals surface area contributed by atoms with E-state index in [0.717, 1.165) is 24.0 Å². The van der Waals surface area contributed by atoms with Gasteiger partial charge in [-0.05, 0) is 51.5 Å². The van der Waals surface area contributed by atoms with Crippen molar-refractivity contribution in [2.45, 2.75) is 66.4 Å². The minimum Gasteiger partial charge on any atom is -0.469 e. The van der Waals surface area contributed by atoms with E-state index in [2.05, 4.69) is 45.2 Å². The molecule has 4 rings (SSSR count). The summed E-state index contributed by atoms with van der Waals surface area (Å²) in [7, 11) is 4.56. The summed E-state index contributed by atoms with van der Waals surface area (Å²) in [5.74, 6) is 0.149. The minimum absolute atomic E-state index is 0.0128. The zero-order valence-electron chi connectivity index (χ0n) is 28.0. The molecule has 0 saturated heterocycles. The van der Waals surface area contributed by atoms with Crippen LogP contribution in [0.25, 0.3) is 21.9 Å². The monoisotopic (exact) mass is 635 g/mol. The van der Waals surface area contributed by atoms with Gasteiger partial charge in [-0.25, -0.2) is 19.1 Å². The van der Waals surface area contributed by atoms with Gasteiger partial charge in [-0.1, -0.05) is 50.6 Å². The van der Waals surface area contributed by atoms with Gasteiger partial charge in [-0.3, -0.25) is 19.5 Å². The van der Waals surface area contributed by atoms with E-state index < -0.39 is 5.97 Å². The zero-order valence-corrected chi connectivity index (χ0v) is 28.0. The van der Waals surface area contributed by atoms with Gasteiger partial charge in [0.05, 0.1) is 33.6 Å². The van der Waals surface area contributed by atoms with Crippen molar-refractivity contribution in [2.24, 2.45) is 17.8 Å². The zero-order chi connectivity index (χ0) is 34.1. The summed E-state index contributed by atoms with van der Waals surface area (Å²) >= 11 is 0. The predicted octanol–water partition coefficient (Wildman–Crippen LogP) is 5.66. The Balaban J connectivity index is 0.000000349. The van der Waals surface area contributed by atoms with E-state index in [1.54, 1.807) is 0 Å². The maximum absolute atomic E-state index is 13.4. The average Bonchev–Trinajstić information content (AvgIpc) is 3.57. The Morgan fingerprint density at radius 2 is 1.54 bits per heavy atom. The second-order valence-corrected chi connectivity index (χ2v) is 12.2. The Labute approximate surface area is 270 Å². The van der Waals surface area contributed by atoms with Crippen LogP contribution in [0, 0.1) is 31.2 Å². The third-order valence-corrected chi connectivity index (χ3v) is 8.29. The third-order valence-electron chi connectivity index (χ3n) is 8.29. The van der Waals surface area contributed by atoms with Crippen LogP contribution in [0.4, 0.5) is 5.69 Å². The predicted molar refractivity (Wildman–Crippen MR) is 173 cm³/mol. The van der Waals surface area contributed by atoms with Gasteiger partial charge in [-0.15, -0.1) is 0 Å². The Morgan fingerprint density at radius 3 is 2.02 bits per heavy atom. The lowest BCUT2D eigenvalue weighted by atomic mass is 9.75. The van der Waals surface area contributed by atoms with Crippen LogP contribution in [0.2, 0.25) is 0 Å². The highest BCUT2D eigenvalue weighted by Gasteiger charge is 2.37. The first-order valence-corrected chi connectivity index (χ1v) is 15.4. The highest BCUT2D eigenvalue weighted by Crippen LogP contribution is 2.38. The number of ether oxygens (including phenoxy) is 3. The van der Waals surface area contributed by atoms with Crippen LogP contribution >= 0.6 is 0 Å². The number of methoxy groups -OCH3 is 2. The van der Waals surface area contributed by atoms with Crippen molar-refractivity contribution in [3.05, 3.63) is 52.5 Å². The number of carbonyl (C=O) groups is 4. The molecule has 1 saturated carbocycles. The largest absolute Gasteiger partial charge is 0.469 e. The molecule has 1 aromatic carbocycles. The van der Waals surface area contributed by atoms with Gasteiger partial charge in [0, 0.05) is 18.7 Å². The SMILES string of the molecule is COC(=O)CCN(C)CCC(=O)OC.[C-]#[N+]c1c(C(=O)OC2C(C)CC(C)CC2C)c2nc(-c3ccc(C)cc3)[nH]n2c1C(C)=O. The van der Waals surface area contributed by atoms with Gasteiger partial charge in [-0.2, -0.15) is 0 Å². The molecule has 0 bridgehead atoms. The van der Waals surface area contributed by atoms with E-state index in [-0.39, 0.29) is 58.3 Å². The molecule has 0 spiro atoms. The van der Waals surface area contributed by atoms with E-state index in [0.29, 0.717) is 37.7 Å². The number of fused-ring (bicyclic) bond motifs is 1. The second-order valence-electron chi connectivity index (χ2n) is 12.2. The highest BCUT2D eigenvalue weighted by atomic mass is 16.5. The van der Waals surface area contributed by atoms with Crippen LogP contribution < -0.4 is 0 Å². The van der Waals surface area contributed by atoms with Crippen molar-refractivity contribution in [3.63, 3.8) is 0 Å². The topological polar surface area (TPSA) is 137 Å². The molecular weight excluding hydrogens is 590 g/mol. The van der Waals surface area contributed by atoms with E-state index in [4.69, 9.17) is 11.3 Å². The van der Waals surface area contributed by atoms with E-state index in [9.17, 15) is 19.2 Å². The third kappa shape index (κ3) is 8.81. The Hall–Kier alpha value is -4.50. The van der Waals surface area contributed by atoms with Gasteiger partial charge < -0.3 is 19.1 Å². The summed E-state index contributed by atoms with van der Waals surface area (Å²) in [6.45, 7) is 18.6. The number of Topliss-reactive ketones (excluding diaryl/α,β-unsaturated/α-hetero) is 1. The van der Waals surface area contributed by atoms with Gasteiger partial charge in [0.15, 0.2) is 17.3 Å². The van der Waals surface area contributed by atoms with E-state index in [1.165, 1.54) is 25.7 Å². The fourth-order valence-corrected chi connectivity index (χ4v) is 5.95. The maximum Gasteiger partial charge on any atom is 0.331 e. The molecule has 1 aliphatic carbocycles. The Morgan fingerprint density at radius 1 is 1.00 bits per heavy atom. The van der Waals surface area contributed by atoms with Crippen LogP contribution in [-0.4, -0.2) is 83.6 Å². The number of hydrogen-bond donors (Lipinski definition) is 1. The van der Waals surface area contributed by atoms with Crippen LogP contribution in [0.3, 0.4) is 0 Å². The van der Waals surface area contributed by atoms with Crippen molar-refractivity contribution < 1.29 is 33.4 Å². The molecular formula is C34H45N5O7. The number of nitrogens with zero attached hydrogens (tertiary/aromatic N) is 4. The molecule has 2 unspecified atom stereocenters. The number of hydrogen-bond acceptors (Lipinski definition) is 9. The standard InChI is InChI=1S/C25H28N4O3.C9H17NO4/c1-13-7-9-18(10-8-13)23-27-24-19(20(26-6)21(17(5)30)29(24)28-23)25(31)32-22-15(3)11-14(2)12-16(22)4;1-10(6-4-8(11)13-2)7-5-9(12)14-3/h7-10,14-16,22H,11-12H2,1-5H3,(H,27,28);4-7H2,1-3H3. The number of H-pyrrole nitrogens is 1. The van der Waals surface area contributed by atoms with Crippen LogP contribution in [0.15, 0.2) is 24.3 Å². The molecule has 2 atom stereocenters. The van der Waals surface area contributed by atoms with Crippen molar-refractivity contribution in [1.82, 2.24) is 19.5 Å². The van der Waals surface area contributed by atoms with E-state index in [1.807, 2.05) is 43.1 Å². The number of benzene rings is 1. The lowest BCUT2D eigenvalue weighted by Crippen LogP contribution is -2.37. The Bertz CT molecular complexity index is 1550. The number of aryl methyl sites for hydroxylation is 1. The first kappa shape index (κ1) is 36.0. The summed E-state index contributed by atoms with van der Waals surface area (Å²) in [4.78, 5) is 57.3. The molecule has 248 valence electrons. The summed E-state index contributed by atoms with van der Waals surface area (Å²) in [6.07, 6.45) is 2.43. The van der Waals surface area contributed by atoms with Gasteiger partial charge >= 0.3 is 17.9 Å². The first-order valence-electron chi connectivity index (χ1n) is 15.4. The minimum atomic E-state index is -0.596. The molecule has 46 heavy (non-hydrogen) atoms. The van der Waals surface area contributed by atoms with Crippen molar-refractivity contribution in [1.29, 1.82) is 0 Å². The van der Waals surface area contributed by atoms with Gasteiger partial charge in [0.1, 0.15) is 17.4 Å². The molecule has 0 amide bonds. The quantitative estimate of drug-likeness (QED) is 0.129. The fourth-order valence-electron chi connectivity index (χ4n) is 5.95. The molecule has 0 radical (unpaired) electrons. The number of aromatic nitrogens is 3. The second kappa shape index (κ2) is 16.2. The number of nitrogens with one attached hydrogen (secondary N) is 1. The molecule has 12 nitrogen and oxygen atoms in total. The van der Waals surface area contributed by atoms with Crippen molar-refractivity contribution >= 4 is 35.0 Å². The number of ketones is 1. The summed E-state index contributed by atoms with van der Waals surface area (Å²) < 4.78 is 16.4. The smallest absolute Gasteiger partial charge is 0.331 e. The number of carbonyl (C=O) groups excluding carboxylic acids is 4. The van der Waals surface area contributed by atoms with Crippen LogP contribution in [0.1, 0.15) is 79.8 Å². The molecule has 3 aromatic rings. The molecule has 1 N–H and O–H groups in total. The normalized spacial score (nSPS) is 19.1. The molecule has 0 aliphatic heterocycles. The molecule has 2 aromatic heterocycles. The lowest BCUT2D eigenvalue weighted by molar-refractivity contribution is -0.140. The fraction of sp³-hybridized carbons (Fsp3) is 0.529. The Kier molecular flexibility index (Phi) is 12.7. The number of esters is 3. The van der Waals surface area contributed by atoms with E-state index >= 15 is 0 Å².